The number of aryl methyl sites for hydroxylation is 2. The fraction of sp³-hybridized carbons (Fsp3) is 0.364. The van der Waals surface area contributed by atoms with Crippen LogP contribution in [-0.4, -0.2) is 9.13 Å². The first-order chi connectivity index (χ1) is 7.02. The van der Waals surface area contributed by atoms with Crippen LogP contribution in [-0.2, 0) is 14.1 Å². The molecule has 80 valence electrons. The van der Waals surface area contributed by atoms with Crippen molar-refractivity contribution in [2.75, 3.05) is 0 Å². The maximum atomic E-state index is 11.7. The number of rotatable bonds is 1. The molecule has 1 unspecified atom stereocenters. The Kier molecular flexibility index (Phi) is 2.35. The summed E-state index contributed by atoms with van der Waals surface area (Å²) in [6.45, 7) is 1.92. The van der Waals surface area contributed by atoms with E-state index >= 15 is 0 Å². The summed E-state index contributed by atoms with van der Waals surface area (Å²) in [7, 11) is 3.54. The smallest absolute Gasteiger partial charge is 0.295 e. The number of aromatic nitrogens is 2. The normalized spacial score (nSPS) is 13.3. The van der Waals surface area contributed by atoms with Crippen molar-refractivity contribution >= 4 is 22.6 Å². The summed E-state index contributed by atoms with van der Waals surface area (Å²) in [5, 5.41) is -0.0373. The van der Waals surface area contributed by atoms with E-state index in [0.717, 1.165) is 16.6 Å². The molecule has 0 fully saturated rings. The van der Waals surface area contributed by atoms with Crippen molar-refractivity contribution in [3.63, 3.8) is 0 Å². The molecule has 4 heteroatoms. The van der Waals surface area contributed by atoms with Gasteiger partial charge in [0.2, 0.25) is 0 Å². The molecule has 0 aliphatic rings. The van der Waals surface area contributed by atoms with Crippen LogP contribution in [0.4, 0.5) is 0 Å². The molecule has 0 saturated carbocycles. The highest BCUT2D eigenvalue weighted by atomic mass is 35.5. The summed E-state index contributed by atoms with van der Waals surface area (Å²) in [6, 6.07) is 5.86. The van der Waals surface area contributed by atoms with Gasteiger partial charge in [-0.15, -0.1) is 11.6 Å². The number of imidazole rings is 1. The summed E-state index contributed by atoms with van der Waals surface area (Å²) in [4.78, 5) is 11.7. The van der Waals surface area contributed by atoms with Gasteiger partial charge in [-0.25, -0.2) is 4.79 Å². The number of benzene rings is 1. The van der Waals surface area contributed by atoms with E-state index in [2.05, 4.69) is 0 Å². The standard InChI is InChI=1S/C11H13ClN2O/c1-7(12)8-4-5-9-10(6-8)14(3)11(15)13(9)2/h4-7H,1-3H3. The second-order valence-electron chi connectivity index (χ2n) is 3.76. The van der Waals surface area contributed by atoms with E-state index in [4.69, 9.17) is 11.6 Å². The zero-order chi connectivity index (χ0) is 11.2. The van der Waals surface area contributed by atoms with Crippen molar-refractivity contribution in [1.82, 2.24) is 9.13 Å². The molecule has 0 spiro atoms. The van der Waals surface area contributed by atoms with Gasteiger partial charge < -0.3 is 0 Å². The molecule has 0 N–H and O–H groups in total. The van der Waals surface area contributed by atoms with Crippen LogP contribution in [0.1, 0.15) is 17.9 Å². The van der Waals surface area contributed by atoms with Crippen molar-refractivity contribution in [2.45, 2.75) is 12.3 Å². The predicted octanol–water partition coefficient (Wildman–Crippen LogP) is 2.18. The number of fused-ring (bicyclic) bond motifs is 1. The number of hydrogen-bond donors (Lipinski definition) is 0. The molecule has 15 heavy (non-hydrogen) atoms. The van der Waals surface area contributed by atoms with Crippen LogP contribution < -0.4 is 5.69 Å². The highest BCUT2D eigenvalue weighted by molar-refractivity contribution is 6.20. The summed E-state index contributed by atoms with van der Waals surface area (Å²) in [5.41, 5.74) is 2.88. The molecule has 0 saturated heterocycles. The molecule has 0 aliphatic heterocycles. The quantitative estimate of drug-likeness (QED) is 0.682. The van der Waals surface area contributed by atoms with Gasteiger partial charge in [0, 0.05) is 14.1 Å². The molecule has 0 bridgehead atoms. The van der Waals surface area contributed by atoms with Gasteiger partial charge in [-0.2, -0.15) is 0 Å². The molecule has 1 aromatic heterocycles. The van der Waals surface area contributed by atoms with Crippen LogP contribution in [0.25, 0.3) is 11.0 Å². The van der Waals surface area contributed by atoms with Gasteiger partial charge in [-0.3, -0.25) is 9.13 Å². The summed E-state index contributed by atoms with van der Waals surface area (Å²) >= 11 is 6.01. The van der Waals surface area contributed by atoms with Crippen LogP contribution in [0.5, 0.6) is 0 Å². The number of hydrogen-bond acceptors (Lipinski definition) is 1. The van der Waals surface area contributed by atoms with E-state index in [1.807, 2.05) is 25.1 Å². The minimum absolute atomic E-state index is 0.00984. The Hall–Kier alpha value is -1.22. The molecular formula is C11H13ClN2O. The lowest BCUT2D eigenvalue weighted by molar-refractivity contribution is 0.795. The van der Waals surface area contributed by atoms with E-state index in [-0.39, 0.29) is 11.1 Å². The van der Waals surface area contributed by atoms with Crippen molar-refractivity contribution in [2.24, 2.45) is 14.1 Å². The van der Waals surface area contributed by atoms with Crippen LogP contribution in [0.15, 0.2) is 23.0 Å². The number of halogens is 1. The fourth-order valence-corrected chi connectivity index (χ4v) is 1.91. The Morgan fingerprint density at radius 3 is 2.40 bits per heavy atom. The Balaban J connectivity index is 2.83. The lowest BCUT2D eigenvalue weighted by atomic mass is 10.1. The van der Waals surface area contributed by atoms with Gasteiger partial charge >= 0.3 is 5.69 Å². The minimum atomic E-state index is -0.0373. The molecule has 1 heterocycles. The van der Waals surface area contributed by atoms with Gasteiger partial charge in [-0.1, -0.05) is 6.07 Å². The van der Waals surface area contributed by atoms with E-state index < -0.39 is 0 Å². The average Bonchev–Trinajstić information content (AvgIpc) is 2.44. The zero-order valence-corrected chi connectivity index (χ0v) is 9.75. The highest BCUT2D eigenvalue weighted by Crippen LogP contribution is 2.23. The molecule has 1 atom stereocenters. The van der Waals surface area contributed by atoms with Crippen LogP contribution in [0.2, 0.25) is 0 Å². The van der Waals surface area contributed by atoms with Crippen molar-refractivity contribution in [3.8, 4) is 0 Å². The molecule has 3 nitrogen and oxygen atoms in total. The maximum Gasteiger partial charge on any atom is 0.328 e. The Morgan fingerprint density at radius 1 is 1.20 bits per heavy atom. The second-order valence-corrected chi connectivity index (χ2v) is 4.42. The lowest BCUT2D eigenvalue weighted by Gasteiger charge is -2.03. The van der Waals surface area contributed by atoms with Gasteiger partial charge in [-0.05, 0) is 24.6 Å². The molecule has 2 rings (SSSR count). The molecule has 1 aromatic carbocycles. The first kappa shape index (κ1) is 10.3. The summed E-state index contributed by atoms with van der Waals surface area (Å²) in [5.74, 6) is 0. The molecule has 0 aliphatic carbocycles. The highest BCUT2D eigenvalue weighted by Gasteiger charge is 2.09. The Morgan fingerprint density at radius 2 is 1.80 bits per heavy atom. The van der Waals surface area contributed by atoms with Gasteiger partial charge in [0.25, 0.3) is 0 Å². The molecule has 2 aromatic rings. The minimum Gasteiger partial charge on any atom is -0.295 e. The van der Waals surface area contributed by atoms with E-state index in [9.17, 15) is 4.79 Å². The summed E-state index contributed by atoms with van der Waals surface area (Å²) in [6.07, 6.45) is 0. The lowest BCUT2D eigenvalue weighted by Crippen LogP contribution is -2.19. The second kappa shape index (κ2) is 3.42. The largest absolute Gasteiger partial charge is 0.328 e. The van der Waals surface area contributed by atoms with E-state index in [1.54, 1.807) is 23.2 Å². The van der Waals surface area contributed by atoms with Gasteiger partial charge in [0.15, 0.2) is 0 Å². The zero-order valence-electron chi connectivity index (χ0n) is 8.99. The maximum absolute atomic E-state index is 11.7. The van der Waals surface area contributed by atoms with E-state index in [0.29, 0.717) is 0 Å². The number of alkyl halides is 1. The van der Waals surface area contributed by atoms with Crippen LogP contribution in [0, 0.1) is 0 Å². The van der Waals surface area contributed by atoms with Crippen molar-refractivity contribution < 1.29 is 0 Å². The van der Waals surface area contributed by atoms with Crippen molar-refractivity contribution in [3.05, 3.63) is 34.2 Å². The van der Waals surface area contributed by atoms with Crippen molar-refractivity contribution in [1.29, 1.82) is 0 Å². The average molecular weight is 225 g/mol. The van der Waals surface area contributed by atoms with Crippen LogP contribution >= 0.6 is 11.6 Å². The van der Waals surface area contributed by atoms with E-state index in [1.165, 1.54) is 0 Å². The number of nitrogens with zero attached hydrogens (tertiary/aromatic N) is 2. The third kappa shape index (κ3) is 1.47. The molecule has 0 radical (unpaired) electrons. The monoisotopic (exact) mass is 224 g/mol. The third-order valence-electron chi connectivity index (χ3n) is 2.76. The summed E-state index contributed by atoms with van der Waals surface area (Å²) < 4.78 is 3.27. The first-order valence-corrected chi connectivity index (χ1v) is 5.25. The van der Waals surface area contributed by atoms with Gasteiger partial charge in [0.1, 0.15) is 0 Å². The predicted molar refractivity (Wildman–Crippen MR) is 62.4 cm³/mol. The Labute approximate surface area is 92.9 Å². The topological polar surface area (TPSA) is 26.9 Å². The molecule has 0 amide bonds. The first-order valence-electron chi connectivity index (χ1n) is 4.82. The Bertz CT molecular complexity index is 566. The SMILES string of the molecule is CC(Cl)c1ccc2c(c1)n(C)c(=O)n2C. The fourth-order valence-electron chi connectivity index (χ4n) is 1.77. The van der Waals surface area contributed by atoms with Gasteiger partial charge in [0.05, 0.1) is 16.4 Å². The molecular weight excluding hydrogens is 212 g/mol. The third-order valence-corrected chi connectivity index (χ3v) is 3.01. The van der Waals surface area contributed by atoms with Crippen LogP contribution in [0.3, 0.4) is 0 Å².